The third-order valence-corrected chi connectivity index (χ3v) is 8.98. The quantitative estimate of drug-likeness (QED) is 0.255. The summed E-state index contributed by atoms with van der Waals surface area (Å²) in [7, 11) is 0. The molecule has 2 fully saturated rings. The van der Waals surface area contributed by atoms with Gasteiger partial charge in [0.25, 0.3) is 5.91 Å². The lowest BCUT2D eigenvalue weighted by Gasteiger charge is -2.25. The zero-order chi connectivity index (χ0) is 26.5. The lowest BCUT2D eigenvalue weighted by molar-refractivity contribution is 0.0939. The summed E-state index contributed by atoms with van der Waals surface area (Å²) in [6.45, 7) is 6.93. The van der Waals surface area contributed by atoms with Crippen molar-refractivity contribution in [1.29, 1.82) is 0 Å². The Morgan fingerprint density at radius 1 is 1.05 bits per heavy atom. The summed E-state index contributed by atoms with van der Waals surface area (Å²) in [6.07, 6.45) is 4.83. The monoisotopic (exact) mass is 532 g/mol. The van der Waals surface area contributed by atoms with Crippen LogP contribution in [-0.4, -0.2) is 42.3 Å². The van der Waals surface area contributed by atoms with Crippen molar-refractivity contribution in [2.75, 3.05) is 18.4 Å². The maximum absolute atomic E-state index is 13.3. The third kappa shape index (κ3) is 6.83. The number of carbonyl (C=O) groups is 1. The summed E-state index contributed by atoms with van der Waals surface area (Å²) in [5, 5.41) is 23.6. The van der Waals surface area contributed by atoms with E-state index < -0.39 is 0 Å². The fourth-order valence-electron chi connectivity index (χ4n) is 5.49. The Balaban J connectivity index is 1.21. The van der Waals surface area contributed by atoms with Crippen molar-refractivity contribution in [3.05, 3.63) is 76.2 Å². The second-order valence-electron chi connectivity index (χ2n) is 10.8. The minimum atomic E-state index is -0.152. The van der Waals surface area contributed by atoms with Crippen molar-refractivity contribution in [3.8, 4) is 10.4 Å². The van der Waals surface area contributed by atoms with Crippen molar-refractivity contribution in [1.82, 2.24) is 16.0 Å². The van der Waals surface area contributed by atoms with Crippen LogP contribution >= 0.6 is 11.3 Å². The number of piperidine rings is 1. The van der Waals surface area contributed by atoms with Gasteiger partial charge in [0, 0.05) is 39.6 Å². The molecule has 2 aliphatic rings. The topological polar surface area (TPSA) is 85.4 Å². The zero-order valence-electron chi connectivity index (χ0n) is 22.4. The maximum atomic E-state index is 13.3. The van der Waals surface area contributed by atoms with E-state index in [0.717, 1.165) is 74.1 Å². The summed E-state index contributed by atoms with van der Waals surface area (Å²) in [5.41, 5.74) is 4.96. The minimum absolute atomic E-state index is 0.0455. The predicted octanol–water partition coefficient (Wildman–Crippen LogP) is 5.38. The van der Waals surface area contributed by atoms with Crippen LogP contribution in [0.15, 0.2) is 54.6 Å². The first-order valence-corrected chi connectivity index (χ1v) is 14.8. The van der Waals surface area contributed by atoms with Crippen molar-refractivity contribution < 1.29 is 9.90 Å². The van der Waals surface area contributed by atoms with Crippen LogP contribution in [0.25, 0.3) is 10.4 Å². The Morgan fingerprint density at radius 3 is 2.68 bits per heavy atom. The number of rotatable bonds is 9. The van der Waals surface area contributed by atoms with Gasteiger partial charge in [-0.3, -0.25) is 4.79 Å². The van der Waals surface area contributed by atoms with Crippen LogP contribution in [-0.2, 0) is 6.54 Å². The average molecular weight is 533 g/mol. The van der Waals surface area contributed by atoms with E-state index in [4.69, 9.17) is 0 Å². The molecule has 2 heterocycles. The first-order chi connectivity index (χ1) is 18.4. The average Bonchev–Trinajstić information content (AvgIpc) is 3.58. The second-order valence-corrected chi connectivity index (χ2v) is 12.0. The number of hydrogen-bond donors (Lipinski definition) is 5. The van der Waals surface area contributed by atoms with Gasteiger partial charge >= 0.3 is 0 Å². The number of thiophene rings is 1. The largest absolute Gasteiger partial charge is 0.393 e. The van der Waals surface area contributed by atoms with Crippen molar-refractivity contribution in [2.45, 2.75) is 76.7 Å². The van der Waals surface area contributed by atoms with Crippen LogP contribution < -0.4 is 21.3 Å². The van der Waals surface area contributed by atoms with Crippen LogP contribution in [0.1, 0.15) is 71.4 Å². The molecule has 1 amide bonds. The van der Waals surface area contributed by atoms with Crippen molar-refractivity contribution >= 4 is 22.9 Å². The molecule has 0 bridgehead atoms. The fourth-order valence-corrected chi connectivity index (χ4v) is 6.45. The van der Waals surface area contributed by atoms with Crippen molar-refractivity contribution in [3.63, 3.8) is 0 Å². The fraction of sp³-hybridized carbons (Fsp3) is 0.452. The summed E-state index contributed by atoms with van der Waals surface area (Å²) >= 11 is 1.80. The molecule has 1 unspecified atom stereocenters. The lowest BCUT2D eigenvalue weighted by atomic mass is 10.0. The van der Waals surface area contributed by atoms with Gasteiger partial charge in [-0.2, -0.15) is 0 Å². The van der Waals surface area contributed by atoms with Gasteiger partial charge < -0.3 is 26.4 Å². The number of anilines is 1. The van der Waals surface area contributed by atoms with Crippen LogP contribution in [0.3, 0.4) is 0 Å². The molecule has 1 aromatic heterocycles. The van der Waals surface area contributed by atoms with Gasteiger partial charge in [0.15, 0.2) is 0 Å². The first-order valence-electron chi connectivity index (χ1n) is 13.9. The second kappa shape index (κ2) is 12.4. The molecule has 3 aromatic rings. The molecule has 1 aliphatic carbocycles. The normalized spacial score (nSPS) is 20.8. The highest BCUT2D eigenvalue weighted by Gasteiger charge is 2.22. The number of aryl methyl sites for hydroxylation is 1. The number of amides is 1. The molecule has 1 saturated heterocycles. The number of aliphatic hydroxyl groups excluding tert-OH is 1. The van der Waals surface area contributed by atoms with Gasteiger partial charge in [0.2, 0.25) is 0 Å². The summed E-state index contributed by atoms with van der Waals surface area (Å²) in [5.74, 6) is -0.0455. The molecule has 6 nitrogen and oxygen atoms in total. The summed E-state index contributed by atoms with van der Waals surface area (Å²) in [6, 6.07) is 19.7. The number of benzene rings is 2. The molecule has 3 atom stereocenters. The van der Waals surface area contributed by atoms with Crippen LogP contribution in [0, 0.1) is 6.92 Å². The number of carbonyl (C=O) groups excluding carboxylic acids is 1. The molecule has 5 rings (SSSR count). The molecule has 1 aliphatic heterocycles. The molecular formula is C31H40N4O2S. The third-order valence-electron chi connectivity index (χ3n) is 7.84. The van der Waals surface area contributed by atoms with Crippen LogP contribution in [0.2, 0.25) is 0 Å². The Morgan fingerprint density at radius 2 is 1.89 bits per heavy atom. The van der Waals surface area contributed by atoms with E-state index in [9.17, 15) is 9.90 Å². The number of aliphatic hydroxyl groups is 1. The number of nitrogens with one attached hydrogen (secondary N) is 4. The number of hydrogen-bond acceptors (Lipinski definition) is 6. The highest BCUT2D eigenvalue weighted by Crippen LogP contribution is 2.31. The molecule has 38 heavy (non-hydrogen) atoms. The van der Waals surface area contributed by atoms with E-state index in [2.05, 4.69) is 63.7 Å². The first kappa shape index (κ1) is 26.9. The molecule has 202 valence electrons. The Labute approximate surface area is 230 Å². The summed E-state index contributed by atoms with van der Waals surface area (Å²) < 4.78 is 0. The zero-order valence-corrected chi connectivity index (χ0v) is 23.2. The van der Waals surface area contributed by atoms with E-state index in [0.29, 0.717) is 12.1 Å². The molecule has 5 N–H and O–H groups in total. The van der Waals surface area contributed by atoms with E-state index >= 15 is 0 Å². The van der Waals surface area contributed by atoms with Gasteiger partial charge in [-0.25, -0.2) is 0 Å². The Hall–Kier alpha value is -2.71. The lowest BCUT2D eigenvalue weighted by Crippen LogP contribution is -2.35. The minimum Gasteiger partial charge on any atom is -0.393 e. The van der Waals surface area contributed by atoms with E-state index in [-0.39, 0.29) is 18.1 Å². The Bertz CT molecular complexity index is 1240. The van der Waals surface area contributed by atoms with Gasteiger partial charge in [0.1, 0.15) is 0 Å². The molecule has 1 saturated carbocycles. The van der Waals surface area contributed by atoms with E-state index in [1.54, 1.807) is 11.3 Å². The van der Waals surface area contributed by atoms with Crippen LogP contribution in [0.5, 0.6) is 0 Å². The molecule has 0 spiro atoms. The van der Waals surface area contributed by atoms with Gasteiger partial charge in [-0.15, -0.1) is 11.3 Å². The van der Waals surface area contributed by atoms with Gasteiger partial charge in [-0.1, -0.05) is 24.3 Å². The van der Waals surface area contributed by atoms with E-state index in [1.165, 1.54) is 15.3 Å². The standard InChI is InChI=1S/C31H40N4O2S/c1-20-6-7-26(35-24-12-14-32-15-13-24)18-29(20)31(37)34-21(2)22-4-3-5-23(16-22)30-11-10-28(38-30)19-33-25-8-9-27(36)17-25/h3-7,10-11,16,18,21,24-25,27,32-33,35-36H,8-9,12-15,17,19H2,1-2H3,(H,34,37)/t21?,25-,27+/m0/s1. The Kier molecular flexibility index (Phi) is 8.79. The SMILES string of the molecule is Cc1ccc(NC2CCNCC2)cc1C(=O)NC(C)c1cccc(-c2ccc(CN[C@H]3CC[C@@H](O)C3)s2)c1. The van der Waals surface area contributed by atoms with Gasteiger partial charge in [-0.05, 0) is 106 Å². The highest BCUT2D eigenvalue weighted by molar-refractivity contribution is 7.15. The molecule has 0 radical (unpaired) electrons. The molecule has 7 heteroatoms. The van der Waals surface area contributed by atoms with Gasteiger partial charge in [0.05, 0.1) is 12.1 Å². The van der Waals surface area contributed by atoms with Crippen molar-refractivity contribution in [2.24, 2.45) is 0 Å². The summed E-state index contributed by atoms with van der Waals surface area (Å²) in [4.78, 5) is 15.8. The van der Waals surface area contributed by atoms with Crippen LogP contribution in [0.4, 0.5) is 5.69 Å². The highest BCUT2D eigenvalue weighted by atomic mass is 32.1. The molecular weight excluding hydrogens is 492 g/mol. The molecule has 2 aromatic carbocycles. The maximum Gasteiger partial charge on any atom is 0.252 e. The predicted molar refractivity (Wildman–Crippen MR) is 157 cm³/mol. The van der Waals surface area contributed by atoms with E-state index in [1.807, 2.05) is 26.0 Å². The smallest absolute Gasteiger partial charge is 0.252 e.